The molecule has 1 amide bonds. The minimum Gasteiger partial charge on any atom is -0.496 e. The van der Waals surface area contributed by atoms with Crippen molar-refractivity contribution in [1.82, 2.24) is 10.6 Å². The number of methoxy groups -OCH3 is 1. The van der Waals surface area contributed by atoms with E-state index in [1.807, 2.05) is 38.1 Å². The molecule has 1 fully saturated rings. The monoisotopic (exact) mass is 278 g/mol. The maximum absolute atomic E-state index is 12.3. The molecule has 1 aliphatic heterocycles. The fraction of sp³-hybridized carbons (Fsp3) is 0.533. The summed E-state index contributed by atoms with van der Waals surface area (Å²) in [5.74, 6) is 0.733. The fourth-order valence-corrected chi connectivity index (χ4v) is 2.43. The number of morpholine rings is 1. The molecule has 1 aromatic carbocycles. The first kappa shape index (κ1) is 14.8. The zero-order chi connectivity index (χ0) is 14.5. The van der Waals surface area contributed by atoms with Gasteiger partial charge in [0.05, 0.1) is 25.9 Å². The molecule has 1 aliphatic rings. The van der Waals surface area contributed by atoms with E-state index in [4.69, 9.17) is 9.47 Å². The zero-order valence-corrected chi connectivity index (χ0v) is 12.2. The highest BCUT2D eigenvalue weighted by Gasteiger charge is 2.29. The highest BCUT2D eigenvalue weighted by molar-refractivity contribution is 5.83. The standard InChI is InChI=1S/C15H22N2O3/c1-10(12-6-4-5-7-13(12)19-3)17-15(18)14-11(2)20-9-8-16-14/h4-7,10-11,14,16H,8-9H2,1-3H3,(H,17,18)/t10?,11-,14+/m1/s1. The summed E-state index contributed by atoms with van der Waals surface area (Å²) < 4.78 is 10.8. The van der Waals surface area contributed by atoms with Crippen molar-refractivity contribution in [2.45, 2.75) is 32.0 Å². The Bertz CT molecular complexity index is 464. The molecule has 0 bridgehead atoms. The molecule has 110 valence electrons. The number of nitrogens with one attached hydrogen (secondary N) is 2. The topological polar surface area (TPSA) is 59.6 Å². The Hall–Kier alpha value is -1.59. The first-order chi connectivity index (χ1) is 9.63. The van der Waals surface area contributed by atoms with Crippen LogP contribution in [-0.2, 0) is 9.53 Å². The van der Waals surface area contributed by atoms with Gasteiger partial charge in [-0.25, -0.2) is 0 Å². The Morgan fingerprint density at radius 3 is 2.95 bits per heavy atom. The molecule has 1 aromatic rings. The van der Waals surface area contributed by atoms with Gasteiger partial charge in [0.1, 0.15) is 11.8 Å². The van der Waals surface area contributed by atoms with Crippen molar-refractivity contribution in [1.29, 1.82) is 0 Å². The van der Waals surface area contributed by atoms with Crippen LogP contribution in [0.15, 0.2) is 24.3 Å². The van der Waals surface area contributed by atoms with Crippen LogP contribution < -0.4 is 15.4 Å². The Kier molecular flexibility index (Phi) is 4.98. The van der Waals surface area contributed by atoms with Gasteiger partial charge in [-0.05, 0) is 19.9 Å². The highest BCUT2D eigenvalue weighted by atomic mass is 16.5. The second kappa shape index (κ2) is 6.72. The number of ether oxygens (including phenoxy) is 2. The van der Waals surface area contributed by atoms with E-state index < -0.39 is 0 Å². The lowest BCUT2D eigenvalue weighted by atomic mass is 10.1. The molecule has 1 unspecified atom stereocenters. The Morgan fingerprint density at radius 2 is 2.25 bits per heavy atom. The number of rotatable bonds is 4. The Balaban J connectivity index is 2.03. The van der Waals surface area contributed by atoms with Gasteiger partial charge in [0, 0.05) is 12.1 Å². The number of benzene rings is 1. The number of para-hydroxylation sites is 1. The Morgan fingerprint density at radius 1 is 1.50 bits per heavy atom. The first-order valence-electron chi connectivity index (χ1n) is 6.91. The largest absolute Gasteiger partial charge is 0.496 e. The summed E-state index contributed by atoms with van der Waals surface area (Å²) in [6.07, 6.45) is -0.117. The number of hydrogen-bond donors (Lipinski definition) is 2. The highest BCUT2D eigenvalue weighted by Crippen LogP contribution is 2.24. The lowest BCUT2D eigenvalue weighted by Gasteiger charge is -2.30. The van der Waals surface area contributed by atoms with Crippen LogP contribution in [0.5, 0.6) is 5.75 Å². The van der Waals surface area contributed by atoms with E-state index in [9.17, 15) is 4.79 Å². The van der Waals surface area contributed by atoms with Crippen LogP contribution in [0.25, 0.3) is 0 Å². The molecule has 0 aliphatic carbocycles. The van der Waals surface area contributed by atoms with Crippen LogP contribution in [-0.4, -0.2) is 38.3 Å². The summed E-state index contributed by atoms with van der Waals surface area (Å²) in [7, 11) is 1.63. The summed E-state index contributed by atoms with van der Waals surface area (Å²) in [6.45, 7) is 5.20. The SMILES string of the molecule is COc1ccccc1C(C)NC(=O)[C@H]1NCCO[C@@H]1C. The van der Waals surface area contributed by atoms with Gasteiger partial charge in [0.15, 0.2) is 0 Å². The Labute approximate surface area is 119 Å². The van der Waals surface area contributed by atoms with Crippen LogP contribution in [0.1, 0.15) is 25.5 Å². The van der Waals surface area contributed by atoms with Gasteiger partial charge in [-0.3, -0.25) is 4.79 Å². The van der Waals surface area contributed by atoms with Gasteiger partial charge < -0.3 is 20.1 Å². The number of carbonyl (C=O) groups excluding carboxylic acids is 1. The normalized spacial score (nSPS) is 23.9. The first-order valence-corrected chi connectivity index (χ1v) is 6.91. The van der Waals surface area contributed by atoms with Gasteiger partial charge in [-0.2, -0.15) is 0 Å². The molecule has 2 N–H and O–H groups in total. The number of hydrogen-bond acceptors (Lipinski definition) is 4. The summed E-state index contributed by atoms with van der Waals surface area (Å²) in [6, 6.07) is 7.27. The molecule has 1 heterocycles. The molecule has 0 spiro atoms. The minimum atomic E-state index is -0.305. The van der Waals surface area contributed by atoms with Gasteiger partial charge in [0.2, 0.25) is 5.91 Å². The van der Waals surface area contributed by atoms with Crippen molar-refractivity contribution in [2.75, 3.05) is 20.3 Å². The van der Waals surface area contributed by atoms with E-state index in [0.717, 1.165) is 11.3 Å². The second-order valence-corrected chi connectivity index (χ2v) is 4.98. The van der Waals surface area contributed by atoms with Crippen molar-refractivity contribution in [3.05, 3.63) is 29.8 Å². The summed E-state index contributed by atoms with van der Waals surface area (Å²) in [4.78, 5) is 12.3. The number of carbonyl (C=O) groups is 1. The predicted octanol–water partition coefficient (Wildman–Crippen LogP) is 1.25. The van der Waals surface area contributed by atoms with Crippen LogP contribution in [0.3, 0.4) is 0 Å². The lowest BCUT2D eigenvalue weighted by Crippen LogP contribution is -2.55. The van der Waals surface area contributed by atoms with Crippen LogP contribution >= 0.6 is 0 Å². The van der Waals surface area contributed by atoms with Gasteiger partial charge in [0.25, 0.3) is 0 Å². The quantitative estimate of drug-likeness (QED) is 0.870. The van der Waals surface area contributed by atoms with Crippen molar-refractivity contribution in [3.63, 3.8) is 0 Å². The average molecular weight is 278 g/mol. The van der Waals surface area contributed by atoms with Crippen LogP contribution in [0, 0.1) is 0 Å². The third kappa shape index (κ3) is 3.29. The summed E-state index contributed by atoms with van der Waals surface area (Å²) in [5, 5.41) is 6.20. The molecule has 0 radical (unpaired) electrons. The average Bonchev–Trinajstić information content (AvgIpc) is 2.47. The summed E-state index contributed by atoms with van der Waals surface area (Å²) in [5.41, 5.74) is 0.965. The smallest absolute Gasteiger partial charge is 0.240 e. The van der Waals surface area contributed by atoms with Crippen molar-refractivity contribution >= 4 is 5.91 Å². The molecule has 0 aromatic heterocycles. The van der Waals surface area contributed by atoms with Crippen molar-refractivity contribution < 1.29 is 14.3 Å². The lowest BCUT2D eigenvalue weighted by molar-refractivity contribution is -0.129. The van der Waals surface area contributed by atoms with E-state index in [2.05, 4.69) is 10.6 Å². The van der Waals surface area contributed by atoms with E-state index >= 15 is 0 Å². The van der Waals surface area contributed by atoms with Gasteiger partial charge in [-0.15, -0.1) is 0 Å². The number of amides is 1. The van der Waals surface area contributed by atoms with Crippen molar-refractivity contribution in [3.8, 4) is 5.75 Å². The van der Waals surface area contributed by atoms with Crippen LogP contribution in [0.2, 0.25) is 0 Å². The molecule has 1 saturated heterocycles. The van der Waals surface area contributed by atoms with Gasteiger partial charge >= 0.3 is 0 Å². The molecule has 5 nitrogen and oxygen atoms in total. The molecule has 3 atom stereocenters. The van der Waals surface area contributed by atoms with E-state index in [1.54, 1.807) is 7.11 Å². The molecule has 20 heavy (non-hydrogen) atoms. The fourth-order valence-electron chi connectivity index (χ4n) is 2.43. The molecule has 5 heteroatoms. The maximum atomic E-state index is 12.3. The molecule has 0 saturated carbocycles. The maximum Gasteiger partial charge on any atom is 0.240 e. The van der Waals surface area contributed by atoms with Crippen molar-refractivity contribution in [2.24, 2.45) is 0 Å². The summed E-state index contributed by atoms with van der Waals surface area (Å²) >= 11 is 0. The molecular weight excluding hydrogens is 256 g/mol. The third-order valence-corrected chi connectivity index (χ3v) is 3.56. The zero-order valence-electron chi connectivity index (χ0n) is 12.2. The van der Waals surface area contributed by atoms with Gasteiger partial charge in [-0.1, -0.05) is 18.2 Å². The van der Waals surface area contributed by atoms with E-state index in [0.29, 0.717) is 13.2 Å². The van der Waals surface area contributed by atoms with Crippen LogP contribution in [0.4, 0.5) is 0 Å². The molecule has 2 rings (SSSR count). The minimum absolute atomic E-state index is 0.0457. The van der Waals surface area contributed by atoms with E-state index in [-0.39, 0.29) is 24.1 Å². The van der Waals surface area contributed by atoms with E-state index in [1.165, 1.54) is 0 Å². The predicted molar refractivity (Wildman–Crippen MR) is 76.8 cm³/mol. The second-order valence-electron chi connectivity index (χ2n) is 4.98. The molecular formula is C15H22N2O3. The third-order valence-electron chi connectivity index (χ3n) is 3.56.